The van der Waals surface area contributed by atoms with Crippen LogP contribution >= 0.6 is 0 Å². The van der Waals surface area contributed by atoms with Gasteiger partial charge in [0.15, 0.2) is 0 Å². The van der Waals surface area contributed by atoms with Gasteiger partial charge in [0.1, 0.15) is 5.75 Å². The van der Waals surface area contributed by atoms with E-state index in [0.717, 1.165) is 12.1 Å². The number of hydrogen-bond donors (Lipinski definition) is 3. The fourth-order valence-corrected chi connectivity index (χ4v) is 2.12. The van der Waals surface area contributed by atoms with E-state index in [2.05, 4.69) is 15.8 Å². The van der Waals surface area contributed by atoms with Crippen LogP contribution in [0.25, 0.3) is 0 Å². The molecule has 142 valence electrons. The Hall–Kier alpha value is -3.36. The zero-order valence-electron chi connectivity index (χ0n) is 14.2. The van der Waals surface area contributed by atoms with E-state index in [9.17, 15) is 27.9 Å². The van der Waals surface area contributed by atoms with Crippen LogP contribution in [0.1, 0.15) is 29.3 Å². The Kier molecular flexibility index (Phi) is 6.17. The molecule has 0 spiro atoms. The second-order valence-electron chi connectivity index (χ2n) is 5.61. The molecule has 2 aromatic carbocycles. The smallest absolute Gasteiger partial charge is 0.416 e. The van der Waals surface area contributed by atoms with Gasteiger partial charge in [-0.2, -0.15) is 18.3 Å². The number of carbonyl (C=O) groups excluding carboxylic acids is 2. The molecule has 0 unspecified atom stereocenters. The largest absolute Gasteiger partial charge is 0.507 e. The molecule has 0 saturated heterocycles. The number of carbonyl (C=O) groups is 2. The molecule has 9 heteroatoms. The van der Waals surface area contributed by atoms with Crippen molar-refractivity contribution in [1.82, 2.24) is 5.43 Å². The average molecular weight is 379 g/mol. The van der Waals surface area contributed by atoms with Gasteiger partial charge in [-0.25, -0.2) is 5.43 Å². The first-order valence-electron chi connectivity index (χ1n) is 7.75. The number of nitrogens with one attached hydrogen (secondary N) is 2. The number of amides is 2. The third kappa shape index (κ3) is 5.84. The summed E-state index contributed by atoms with van der Waals surface area (Å²) in [6.07, 6.45) is -4.75. The van der Waals surface area contributed by atoms with Gasteiger partial charge in [0, 0.05) is 11.4 Å². The Balaban J connectivity index is 1.94. The lowest BCUT2D eigenvalue weighted by Gasteiger charge is -2.10. The highest BCUT2D eigenvalue weighted by molar-refractivity contribution is 6.06. The highest BCUT2D eigenvalue weighted by Crippen LogP contribution is 2.30. The highest BCUT2D eigenvalue weighted by atomic mass is 19.4. The summed E-state index contributed by atoms with van der Waals surface area (Å²) in [7, 11) is 0. The molecule has 0 aliphatic rings. The molecule has 6 nitrogen and oxygen atoms in total. The summed E-state index contributed by atoms with van der Waals surface area (Å²) in [4.78, 5) is 23.8. The monoisotopic (exact) mass is 379 g/mol. The van der Waals surface area contributed by atoms with Crippen molar-refractivity contribution in [2.75, 3.05) is 5.32 Å². The number of hydrazone groups is 1. The standard InChI is InChI=1S/C18H16F3N3O3/c1-11(23-24-17(27)14-7-2-3-8-15(14)25)9-16(26)22-13-6-4-5-12(10-13)18(19,20)21/h2-8,10,25H,9H2,1H3,(H,22,26)(H,24,27). The SMILES string of the molecule is CC(CC(=O)Nc1cccc(C(F)(F)F)c1)=NNC(=O)c1ccccc1O. The van der Waals surface area contributed by atoms with E-state index in [-0.39, 0.29) is 29.1 Å². The van der Waals surface area contributed by atoms with Gasteiger partial charge in [-0.15, -0.1) is 0 Å². The van der Waals surface area contributed by atoms with Gasteiger partial charge in [0.2, 0.25) is 5.91 Å². The van der Waals surface area contributed by atoms with Crippen LogP contribution in [0.2, 0.25) is 0 Å². The number of alkyl halides is 3. The first-order valence-corrected chi connectivity index (χ1v) is 7.75. The molecule has 0 aliphatic heterocycles. The summed E-state index contributed by atoms with van der Waals surface area (Å²) >= 11 is 0. The normalized spacial score (nSPS) is 11.8. The lowest BCUT2D eigenvalue weighted by Crippen LogP contribution is -2.21. The van der Waals surface area contributed by atoms with Crippen LogP contribution in [0.4, 0.5) is 18.9 Å². The van der Waals surface area contributed by atoms with E-state index in [0.29, 0.717) is 0 Å². The molecule has 2 amide bonds. The van der Waals surface area contributed by atoms with E-state index in [1.165, 1.54) is 31.2 Å². The predicted molar refractivity (Wildman–Crippen MR) is 93.4 cm³/mol. The Morgan fingerprint density at radius 1 is 1.11 bits per heavy atom. The minimum absolute atomic E-state index is 0.000804. The summed E-state index contributed by atoms with van der Waals surface area (Å²) in [5.74, 6) is -1.47. The summed E-state index contributed by atoms with van der Waals surface area (Å²) < 4.78 is 38.0. The molecule has 0 aliphatic carbocycles. The third-order valence-electron chi connectivity index (χ3n) is 3.39. The highest BCUT2D eigenvalue weighted by Gasteiger charge is 2.30. The number of anilines is 1. The molecule has 2 rings (SSSR count). The van der Waals surface area contributed by atoms with Gasteiger partial charge in [-0.05, 0) is 37.3 Å². The van der Waals surface area contributed by atoms with Gasteiger partial charge < -0.3 is 10.4 Å². The fraction of sp³-hybridized carbons (Fsp3) is 0.167. The van der Waals surface area contributed by atoms with Gasteiger partial charge in [-0.1, -0.05) is 18.2 Å². The number of benzene rings is 2. The molecule has 0 heterocycles. The summed E-state index contributed by atoms with van der Waals surface area (Å²) in [6.45, 7) is 1.47. The predicted octanol–water partition coefficient (Wildman–Crippen LogP) is 3.55. The average Bonchev–Trinajstić information content (AvgIpc) is 2.59. The van der Waals surface area contributed by atoms with Gasteiger partial charge >= 0.3 is 6.18 Å². The van der Waals surface area contributed by atoms with Crippen LogP contribution in [-0.2, 0) is 11.0 Å². The maximum Gasteiger partial charge on any atom is 0.416 e. The zero-order valence-corrected chi connectivity index (χ0v) is 14.2. The van der Waals surface area contributed by atoms with Crippen molar-refractivity contribution in [1.29, 1.82) is 0 Å². The molecule has 3 N–H and O–H groups in total. The van der Waals surface area contributed by atoms with Crippen LogP contribution in [0.15, 0.2) is 53.6 Å². The molecule has 0 bridgehead atoms. The molecule has 0 radical (unpaired) electrons. The summed E-state index contributed by atoms with van der Waals surface area (Å²) in [5, 5.41) is 15.7. The van der Waals surface area contributed by atoms with E-state index < -0.39 is 23.6 Å². The zero-order chi connectivity index (χ0) is 20.0. The van der Waals surface area contributed by atoms with Crippen molar-refractivity contribution in [2.45, 2.75) is 19.5 Å². The third-order valence-corrected chi connectivity index (χ3v) is 3.39. The Morgan fingerprint density at radius 3 is 2.48 bits per heavy atom. The number of rotatable bonds is 5. The van der Waals surface area contributed by atoms with Crippen molar-refractivity contribution >= 4 is 23.2 Å². The Bertz CT molecular complexity index is 879. The van der Waals surface area contributed by atoms with Gasteiger partial charge in [-0.3, -0.25) is 9.59 Å². The number of nitrogens with zero attached hydrogens (tertiary/aromatic N) is 1. The molecular weight excluding hydrogens is 363 g/mol. The van der Waals surface area contributed by atoms with Crippen molar-refractivity contribution in [3.8, 4) is 5.75 Å². The number of hydrogen-bond acceptors (Lipinski definition) is 4. The summed E-state index contributed by atoms with van der Waals surface area (Å²) in [6, 6.07) is 10.1. The fourth-order valence-electron chi connectivity index (χ4n) is 2.12. The van der Waals surface area contributed by atoms with Crippen LogP contribution in [-0.4, -0.2) is 22.6 Å². The topological polar surface area (TPSA) is 90.8 Å². The quantitative estimate of drug-likeness (QED) is 0.548. The number of para-hydroxylation sites is 1. The van der Waals surface area contributed by atoms with Crippen LogP contribution < -0.4 is 10.7 Å². The van der Waals surface area contributed by atoms with Gasteiger partial charge in [0.05, 0.1) is 17.5 Å². The minimum atomic E-state index is -4.51. The maximum atomic E-state index is 12.7. The maximum absolute atomic E-state index is 12.7. The molecule has 0 fully saturated rings. The van der Waals surface area contributed by atoms with Crippen molar-refractivity contribution in [2.24, 2.45) is 5.10 Å². The molecule has 27 heavy (non-hydrogen) atoms. The van der Waals surface area contributed by atoms with Crippen molar-refractivity contribution in [3.63, 3.8) is 0 Å². The van der Waals surface area contributed by atoms with Crippen molar-refractivity contribution < 1.29 is 27.9 Å². The number of aromatic hydroxyl groups is 1. The van der Waals surface area contributed by atoms with E-state index in [4.69, 9.17) is 0 Å². The number of phenolic OH excluding ortho intramolecular Hbond substituents is 1. The molecular formula is C18H16F3N3O3. The number of phenols is 1. The minimum Gasteiger partial charge on any atom is -0.507 e. The first-order chi connectivity index (χ1) is 12.7. The molecule has 0 saturated carbocycles. The van der Waals surface area contributed by atoms with E-state index >= 15 is 0 Å². The Labute approximate surface area is 152 Å². The molecule has 2 aromatic rings. The second kappa shape index (κ2) is 8.35. The van der Waals surface area contributed by atoms with Crippen molar-refractivity contribution in [3.05, 3.63) is 59.7 Å². The van der Waals surface area contributed by atoms with E-state index in [1.54, 1.807) is 12.1 Å². The summed E-state index contributed by atoms with van der Waals surface area (Å²) in [5.41, 5.74) is 1.57. The first kappa shape index (κ1) is 20.0. The molecule has 0 atom stereocenters. The lowest BCUT2D eigenvalue weighted by molar-refractivity contribution is -0.137. The second-order valence-corrected chi connectivity index (χ2v) is 5.61. The van der Waals surface area contributed by atoms with Gasteiger partial charge in [0.25, 0.3) is 5.91 Å². The van der Waals surface area contributed by atoms with Crippen LogP contribution in [0, 0.1) is 0 Å². The van der Waals surface area contributed by atoms with Crippen LogP contribution in [0.3, 0.4) is 0 Å². The van der Waals surface area contributed by atoms with E-state index in [1.807, 2.05) is 0 Å². The Morgan fingerprint density at radius 2 is 1.81 bits per heavy atom. The lowest BCUT2D eigenvalue weighted by atomic mass is 10.2. The number of halogens is 3. The molecule has 0 aromatic heterocycles. The van der Waals surface area contributed by atoms with Crippen LogP contribution in [0.5, 0.6) is 5.75 Å².